The summed E-state index contributed by atoms with van der Waals surface area (Å²) in [5, 5.41) is 2.63. The Labute approximate surface area is 297 Å². The molecule has 0 bridgehead atoms. The Morgan fingerprint density at radius 2 is 1.37 bits per heavy atom. The van der Waals surface area contributed by atoms with Crippen LogP contribution in [0.2, 0.25) is 0 Å². The summed E-state index contributed by atoms with van der Waals surface area (Å²) in [5.41, 5.74) is -1.90. The van der Waals surface area contributed by atoms with Gasteiger partial charge in [-0.05, 0) is 55.2 Å². The van der Waals surface area contributed by atoms with Crippen molar-refractivity contribution < 1.29 is 51.4 Å². The van der Waals surface area contributed by atoms with Gasteiger partial charge >= 0.3 is 24.1 Å². The lowest BCUT2D eigenvalue weighted by Gasteiger charge is -2.29. The van der Waals surface area contributed by atoms with Crippen LogP contribution in [0.4, 0.5) is 18.9 Å². The molecule has 0 radical (unpaired) electrons. The van der Waals surface area contributed by atoms with E-state index < -0.39 is 53.3 Å². The summed E-state index contributed by atoms with van der Waals surface area (Å²) in [6.07, 6.45) is -4.26. The van der Waals surface area contributed by atoms with Gasteiger partial charge in [-0.2, -0.15) is 13.2 Å². The van der Waals surface area contributed by atoms with Gasteiger partial charge in [-0.15, -0.1) is 0 Å². The topological polar surface area (TPSA) is 141 Å². The quantitative estimate of drug-likeness (QED) is 0.122. The molecule has 11 nitrogen and oxygen atoms in total. The number of pyridine rings is 1. The second kappa shape index (κ2) is 16.8. The van der Waals surface area contributed by atoms with Gasteiger partial charge in [0, 0.05) is 32.1 Å². The number of benzene rings is 3. The molecule has 0 atom stereocenters. The Morgan fingerprint density at radius 3 is 1.94 bits per heavy atom. The van der Waals surface area contributed by atoms with Crippen LogP contribution in [-0.4, -0.2) is 66.9 Å². The maximum absolute atomic E-state index is 13.5. The first-order chi connectivity index (χ1) is 24.7. The van der Waals surface area contributed by atoms with Gasteiger partial charge in [0.25, 0.3) is 11.8 Å². The van der Waals surface area contributed by atoms with E-state index in [9.17, 15) is 37.1 Å². The number of carbonyl (C=O) groups excluding carboxylic acids is 5. The first kappa shape index (κ1) is 38.7. The van der Waals surface area contributed by atoms with Crippen molar-refractivity contribution in [2.45, 2.75) is 38.3 Å². The molecule has 0 unspecified atom stereocenters. The van der Waals surface area contributed by atoms with Gasteiger partial charge < -0.3 is 24.4 Å². The first-order valence-electron chi connectivity index (χ1n) is 16.1. The number of hydrogen-bond acceptors (Lipinski definition) is 9. The monoisotopic (exact) mass is 719 g/mol. The lowest BCUT2D eigenvalue weighted by atomic mass is 9.76. The van der Waals surface area contributed by atoms with Crippen LogP contribution in [0.3, 0.4) is 0 Å². The third kappa shape index (κ3) is 8.81. The van der Waals surface area contributed by atoms with Gasteiger partial charge in [-0.25, -0.2) is 4.98 Å². The maximum Gasteiger partial charge on any atom is 0.416 e. The summed E-state index contributed by atoms with van der Waals surface area (Å²) in [5.74, 6) is -4.28. The smallest absolute Gasteiger partial charge is 0.416 e. The SMILES string of the molecule is CCOC(=O)C(CCC(=O)Oc1cc(C(=O)N(C)C)c(NC(=O)c2ccccc2-c2ccc(C(F)(F)F)cc2)cn1)(C(=O)OCC)c1ccccc1. The highest BCUT2D eigenvalue weighted by Gasteiger charge is 2.50. The number of carbonyl (C=O) groups is 5. The molecule has 272 valence electrons. The van der Waals surface area contributed by atoms with E-state index in [1.165, 1.54) is 37.2 Å². The van der Waals surface area contributed by atoms with Crippen LogP contribution in [0.5, 0.6) is 5.88 Å². The number of ether oxygens (including phenoxy) is 3. The zero-order valence-electron chi connectivity index (χ0n) is 28.8. The van der Waals surface area contributed by atoms with Crippen LogP contribution in [0.15, 0.2) is 91.1 Å². The summed E-state index contributed by atoms with van der Waals surface area (Å²) in [6.45, 7) is 3.09. The molecule has 0 fully saturated rings. The van der Waals surface area contributed by atoms with Crippen LogP contribution in [0.25, 0.3) is 11.1 Å². The number of anilines is 1. The number of nitrogens with zero attached hydrogens (tertiary/aromatic N) is 2. The van der Waals surface area contributed by atoms with Gasteiger partial charge in [0.1, 0.15) is 0 Å². The molecule has 0 saturated carbocycles. The van der Waals surface area contributed by atoms with Crippen molar-refractivity contribution in [3.05, 3.63) is 113 Å². The zero-order valence-corrected chi connectivity index (χ0v) is 28.8. The molecule has 52 heavy (non-hydrogen) atoms. The fourth-order valence-electron chi connectivity index (χ4n) is 5.33. The Hall–Kier alpha value is -6.05. The molecular formula is C38H36F3N3O8. The number of esters is 3. The standard InChI is InChI=1S/C38H36F3N3O8/c1-5-50-35(48)37(36(49)51-6-2,25-12-8-7-9-13-25)21-20-32(45)52-31-22-29(34(47)44(3)4)30(23-42-31)43-33(46)28-15-11-10-14-27(28)24-16-18-26(19-17-24)38(39,40)41/h7-19,22-23H,5-6,20-21H2,1-4H3,(H,43,46). The number of alkyl halides is 3. The number of rotatable bonds is 13. The predicted molar refractivity (Wildman–Crippen MR) is 183 cm³/mol. The van der Waals surface area contributed by atoms with Crippen molar-refractivity contribution in [3.63, 3.8) is 0 Å². The van der Waals surface area contributed by atoms with Gasteiger partial charge in [0.05, 0.1) is 36.2 Å². The van der Waals surface area contributed by atoms with Crippen LogP contribution >= 0.6 is 0 Å². The van der Waals surface area contributed by atoms with E-state index in [-0.39, 0.29) is 47.9 Å². The number of amides is 2. The van der Waals surface area contributed by atoms with Crippen molar-refractivity contribution in [1.82, 2.24) is 9.88 Å². The van der Waals surface area contributed by atoms with E-state index in [1.54, 1.807) is 62.4 Å². The Bertz CT molecular complexity index is 1910. The first-order valence-corrected chi connectivity index (χ1v) is 16.1. The van der Waals surface area contributed by atoms with E-state index in [2.05, 4.69) is 10.3 Å². The molecule has 0 aliphatic rings. The maximum atomic E-state index is 13.5. The third-order valence-corrected chi connectivity index (χ3v) is 7.90. The van der Waals surface area contributed by atoms with Gasteiger partial charge in [-0.3, -0.25) is 24.0 Å². The molecule has 1 N–H and O–H groups in total. The van der Waals surface area contributed by atoms with E-state index in [1.807, 2.05) is 0 Å². The van der Waals surface area contributed by atoms with Gasteiger partial charge in [0.15, 0.2) is 5.41 Å². The number of aromatic nitrogens is 1. The number of halogens is 3. The average molecular weight is 720 g/mol. The third-order valence-electron chi connectivity index (χ3n) is 7.90. The molecule has 1 aromatic heterocycles. The molecular weight excluding hydrogens is 683 g/mol. The van der Waals surface area contributed by atoms with Crippen molar-refractivity contribution >= 4 is 35.4 Å². The van der Waals surface area contributed by atoms with Crippen molar-refractivity contribution in [3.8, 4) is 17.0 Å². The zero-order chi connectivity index (χ0) is 38.1. The number of nitrogens with one attached hydrogen (secondary N) is 1. The molecule has 2 amide bonds. The van der Waals surface area contributed by atoms with Gasteiger partial charge in [0.2, 0.25) is 5.88 Å². The number of hydrogen-bond donors (Lipinski definition) is 1. The second-order valence-electron chi connectivity index (χ2n) is 11.5. The summed E-state index contributed by atoms with van der Waals surface area (Å²) in [4.78, 5) is 71.9. The lowest BCUT2D eigenvalue weighted by molar-refractivity contribution is -0.165. The van der Waals surface area contributed by atoms with Gasteiger partial charge in [-0.1, -0.05) is 60.7 Å². The molecule has 0 aliphatic carbocycles. The van der Waals surface area contributed by atoms with E-state index in [0.717, 1.165) is 24.4 Å². The Morgan fingerprint density at radius 1 is 0.769 bits per heavy atom. The lowest BCUT2D eigenvalue weighted by Crippen LogP contribution is -2.46. The fraction of sp³-hybridized carbons (Fsp3) is 0.263. The van der Waals surface area contributed by atoms with Crippen LogP contribution in [0.1, 0.15) is 58.5 Å². The van der Waals surface area contributed by atoms with Crippen LogP contribution in [-0.2, 0) is 35.4 Å². The van der Waals surface area contributed by atoms with Crippen molar-refractivity contribution in [1.29, 1.82) is 0 Å². The minimum atomic E-state index is -4.53. The largest absolute Gasteiger partial charge is 0.465 e. The second-order valence-corrected chi connectivity index (χ2v) is 11.5. The summed E-state index contributed by atoms with van der Waals surface area (Å²) in [6, 6.07) is 19.8. The highest BCUT2D eigenvalue weighted by Crippen LogP contribution is 2.35. The predicted octanol–water partition coefficient (Wildman–Crippen LogP) is 6.47. The molecule has 0 aliphatic heterocycles. The Balaban J connectivity index is 1.60. The Kier molecular flexibility index (Phi) is 12.5. The summed E-state index contributed by atoms with van der Waals surface area (Å²) in [7, 11) is 2.93. The van der Waals surface area contributed by atoms with E-state index in [0.29, 0.717) is 11.1 Å². The minimum Gasteiger partial charge on any atom is -0.465 e. The van der Waals surface area contributed by atoms with Crippen molar-refractivity contribution in [2.24, 2.45) is 0 Å². The molecule has 3 aromatic carbocycles. The van der Waals surface area contributed by atoms with E-state index in [4.69, 9.17) is 14.2 Å². The van der Waals surface area contributed by atoms with Crippen molar-refractivity contribution in [2.75, 3.05) is 32.6 Å². The molecule has 4 rings (SSSR count). The average Bonchev–Trinajstić information content (AvgIpc) is 3.12. The molecule has 14 heteroatoms. The molecule has 4 aromatic rings. The normalized spacial score (nSPS) is 11.3. The molecule has 1 heterocycles. The highest BCUT2D eigenvalue weighted by molar-refractivity contribution is 6.12. The molecule has 0 spiro atoms. The van der Waals surface area contributed by atoms with Crippen LogP contribution in [0, 0.1) is 0 Å². The van der Waals surface area contributed by atoms with Crippen LogP contribution < -0.4 is 10.1 Å². The fourth-order valence-corrected chi connectivity index (χ4v) is 5.33. The minimum absolute atomic E-state index is 0.0343. The summed E-state index contributed by atoms with van der Waals surface area (Å²) < 4.78 is 55.3. The molecule has 0 saturated heterocycles. The van der Waals surface area contributed by atoms with E-state index >= 15 is 0 Å². The highest BCUT2D eigenvalue weighted by atomic mass is 19.4. The summed E-state index contributed by atoms with van der Waals surface area (Å²) >= 11 is 0.